The molecule has 3 rings (SSSR count). The van der Waals surface area contributed by atoms with Gasteiger partial charge in [-0.05, 0) is 29.3 Å². The number of fused-ring (bicyclic) bond motifs is 1. The van der Waals surface area contributed by atoms with Crippen molar-refractivity contribution < 1.29 is 0 Å². The molecule has 5 nitrogen and oxygen atoms in total. The Kier molecular flexibility index (Phi) is 1.96. The summed E-state index contributed by atoms with van der Waals surface area (Å²) in [6.45, 7) is 1.95. The van der Waals surface area contributed by atoms with Gasteiger partial charge in [-0.1, -0.05) is 18.2 Å². The van der Waals surface area contributed by atoms with Crippen molar-refractivity contribution in [1.29, 1.82) is 0 Å². The zero-order chi connectivity index (χ0) is 10.1. The molecule has 2 aromatic rings. The first-order valence-electron chi connectivity index (χ1n) is 5.00. The van der Waals surface area contributed by atoms with Crippen LogP contribution in [-0.4, -0.2) is 27.2 Å². The molecule has 1 aromatic heterocycles. The van der Waals surface area contributed by atoms with Gasteiger partial charge < -0.3 is 5.32 Å². The predicted octanol–water partition coefficient (Wildman–Crippen LogP) is 0.512. The van der Waals surface area contributed by atoms with E-state index in [0.29, 0.717) is 5.82 Å². The summed E-state index contributed by atoms with van der Waals surface area (Å²) in [5.74, 6) is 0.689. The van der Waals surface area contributed by atoms with Crippen LogP contribution >= 0.6 is 0 Å². The van der Waals surface area contributed by atoms with Crippen LogP contribution < -0.4 is 5.32 Å². The van der Waals surface area contributed by atoms with Crippen molar-refractivity contribution in [3.05, 3.63) is 29.3 Å². The van der Waals surface area contributed by atoms with E-state index in [4.69, 9.17) is 0 Å². The fourth-order valence-electron chi connectivity index (χ4n) is 2.02. The summed E-state index contributed by atoms with van der Waals surface area (Å²) >= 11 is 0. The van der Waals surface area contributed by atoms with Crippen molar-refractivity contribution in [2.24, 2.45) is 0 Å². The van der Waals surface area contributed by atoms with Crippen molar-refractivity contribution in [1.82, 2.24) is 25.9 Å². The van der Waals surface area contributed by atoms with Crippen LogP contribution in [0.5, 0.6) is 0 Å². The maximum atomic E-state index is 4.03. The van der Waals surface area contributed by atoms with Crippen LogP contribution in [0.2, 0.25) is 0 Å². The van der Waals surface area contributed by atoms with Crippen LogP contribution in [-0.2, 0) is 13.0 Å². The lowest BCUT2D eigenvalue weighted by Crippen LogP contribution is -2.24. The molecule has 1 aliphatic heterocycles. The molecule has 0 fully saturated rings. The number of nitrogens with one attached hydrogen (secondary N) is 2. The number of tetrazole rings is 1. The molecule has 5 heteroatoms. The summed E-state index contributed by atoms with van der Waals surface area (Å²) in [6, 6.07) is 6.23. The van der Waals surface area contributed by atoms with E-state index in [1.165, 1.54) is 11.1 Å². The molecule has 0 saturated carbocycles. The van der Waals surface area contributed by atoms with Crippen LogP contribution in [0.25, 0.3) is 11.4 Å². The van der Waals surface area contributed by atoms with Gasteiger partial charge in [-0.15, -0.1) is 10.2 Å². The Labute approximate surface area is 86.9 Å². The molecule has 15 heavy (non-hydrogen) atoms. The highest BCUT2D eigenvalue weighted by Crippen LogP contribution is 2.24. The van der Waals surface area contributed by atoms with Gasteiger partial charge in [-0.2, -0.15) is 5.21 Å². The van der Waals surface area contributed by atoms with E-state index in [2.05, 4.69) is 38.1 Å². The Hall–Kier alpha value is -1.75. The van der Waals surface area contributed by atoms with Crippen LogP contribution in [0.1, 0.15) is 11.1 Å². The van der Waals surface area contributed by atoms with Gasteiger partial charge in [0.2, 0.25) is 5.82 Å². The molecule has 0 radical (unpaired) electrons. The first-order valence-corrected chi connectivity index (χ1v) is 5.00. The number of aromatic amines is 1. The van der Waals surface area contributed by atoms with Gasteiger partial charge in [-0.25, -0.2) is 0 Å². The molecular formula is C10H11N5. The Balaban J connectivity index is 2.15. The summed E-state index contributed by atoms with van der Waals surface area (Å²) in [6.07, 6.45) is 1.03. The quantitative estimate of drug-likeness (QED) is 0.705. The number of benzene rings is 1. The molecule has 76 valence electrons. The third-order valence-corrected chi connectivity index (χ3v) is 2.73. The van der Waals surface area contributed by atoms with E-state index in [1.54, 1.807) is 0 Å². The summed E-state index contributed by atoms with van der Waals surface area (Å²) in [5.41, 5.74) is 3.78. The fourth-order valence-corrected chi connectivity index (χ4v) is 2.02. The third-order valence-electron chi connectivity index (χ3n) is 2.73. The minimum Gasteiger partial charge on any atom is -0.312 e. The number of hydrogen-bond donors (Lipinski definition) is 2. The second-order valence-electron chi connectivity index (χ2n) is 3.61. The Morgan fingerprint density at radius 3 is 3.13 bits per heavy atom. The van der Waals surface area contributed by atoms with Gasteiger partial charge in [0.15, 0.2) is 0 Å². The lowest BCUT2D eigenvalue weighted by atomic mass is 9.95. The van der Waals surface area contributed by atoms with Crippen molar-refractivity contribution in [2.45, 2.75) is 13.0 Å². The molecule has 0 amide bonds. The molecule has 1 aromatic carbocycles. The summed E-state index contributed by atoms with van der Waals surface area (Å²) < 4.78 is 0. The summed E-state index contributed by atoms with van der Waals surface area (Å²) in [4.78, 5) is 0. The van der Waals surface area contributed by atoms with Crippen LogP contribution in [0, 0.1) is 0 Å². The van der Waals surface area contributed by atoms with Gasteiger partial charge in [0.25, 0.3) is 0 Å². The van der Waals surface area contributed by atoms with Crippen molar-refractivity contribution in [3.63, 3.8) is 0 Å². The highest BCUT2D eigenvalue weighted by atomic mass is 15.5. The molecule has 2 heterocycles. The average Bonchev–Trinajstić information content (AvgIpc) is 2.82. The van der Waals surface area contributed by atoms with Gasteiger partial charge in [0.1, 0.15) is 0 Å². The second-order valence-corrected chi connectivity index (χ2v) is 3.61. The lowest BCUT2D eigenvalue weighted by Gasteiger charge is -2.18. The maximum absolute atomic E-state index is 4.03. The minimum atomic E-state index is 0.689. The first-order chi connectivity index (χ1) is 7.45. The van der Waals surface area contributed by atoms with E-state index in [0.717, 1.165) is 25.1 Å². The molecule has 0 bridgehead atoms. The van der Waals surface area contributed by atoms with Gasteiger partial charge in [0, 0.05) is 12.1 Å². The van der Waals surface area contributed by atoms with Gasteiger partial charge in [-0.3, -0.25) is 0 Å². The topological polar surface area (TPSA) is 66.5 Å². The molecule has 0 saturated heterocycles. The number of aromatic nitrogens is 4. The van der Waals surface area contributed by atoms with E-state index >= 15 is 0 Å². The number of nitrogens with zero attached hydrogens (tertiary/aromatic N) is 3. The molecule has 1 aliphatic rings. The SMILES string of the molecule is c1cc2c(c(-c3nn[nH]n3)c1)CCNC2. The van der Waals surface area contributed by atoms with E-state index in [9.17, 15) is 0 Å². The smallest absolute Gasteiger partial charge is 0.204 e. The third kappa shape index (κ3) is 1.41. The monoisotopic (exact) mass is 201 g/mol. The summed E-state index contributed by atoms with van der Waals surface area (Å²) in [5, 5.41) is 17.5. The highest BCUT2D eigenvalue weighted by molar-refractivity contribution is 5.62. The summed E-state index contributed by atoms with van der Waals surface area (Å²) in [7, 11) is 0. The molecular weight excluding hydrogens is 190 g/mol. The Morgan fingerprint density at radius 2 is 2.27 bits per heavy atom. The molecule has 0 aliphatic carbocycles. The van der Waals surface area contributed by atoms with Crippen LogP contribution in [0.3, 0.4) is 0 Å². The maximum Gasteiger partial charge on any atom is 0.204 e. The van der Waals surface area contributed by atoms with Crippen molar-refractivity contribution in [3.8, 4) is 11.4 Å². The highest BCUT2D eigenvalue weighted by Gasteiger charge is 2.15. The Morgan fingerprint density at radius 1 is 1.27 bits per heavy atom. The normalized spacial score (nSPS) is 14.9. The molecule has 2 N–H and O–H groups in total. The van der Waals surface area contributed by atoms with Crippen molar-refractivity contribution >= 4 is 0 Å². The van der Waals surface area contributed by atoms with E-state index in [-0.39, 0.29) is 0 Å². The van der Waals surface area contributed by atoms with Gasteiger partial charge in [0.05, 0.1) is 0 Å². The average molecular weight is 201 g/mol. The molecule has 0 spiro atoms. The van der Waals surface area contributed by atoms with E-state index in [1.807, 2.05) is 6.07 Å². The largest absolute Gasteiger partial charge is 0.312 e. The predicted molar refractivity (Wildman–Crippen MR) is 55.0 cm³/mol. The van der Waals surface area contributed by atoms with Gasteiger partial charge >= 0.3 is 0 Å². The Bertz CT molecular complexity index is 463. The number of rotatable bonds is 1. The number of H-pyrrole nitrogens is 1. The lowest BCUT2D eigenvalue weighted by molar-refractivity contribution is 0.644. The fraction of sp³-hybridized carbons (Fsp3) is 0.300. The zero-order valence-electron chi connectivity index (χ0n) is 8.20. The second kappa shape index (κ2) is 3.43. The van der Waals surface area contributed by atoms with Crippen LogP contribution in [0.15, 0.2) is 18.2 Å². The molecule has 0 unspecified atom stereocenters. The standard InChI is InChI=1S/C10H11N5/c1-2-7-6-11-5-4-8(7)9(3-1)10-12-14-15-13-10/h1-3,11H,4-6H2,(H,12,13,14,15). The minimum absolute atomic E-state index is 0.689. The number of hydrogen-bond acceptors (Lipinski definition) is 4. The van der Waals surface area contributed by atoms with Crippen molar-refractivity contribution in [2.75, 3.05) is 6.54 Å². The van der Waals surface area contributed by atoms with Crippen LogP contribution in [0.4, 0.5) is 0 Å². The molecule has 0 atom stereocenters. The first kappa shape index (κ1) is 8.55. The van der Waals surface area contributed by atoms with E-state index < -0.39 is 0 Å². The zero-order valence-corrected chi connectivity index (χ0v) is 8.20.